The Kier molecular flexibility index (Phi) is 3.66. The molecule has 0 aliphatic carbocycles. The quantitative estimate of drug-likeness (QED) is 0.915. The summed E-state index contributed by atoms with van der Waals surface area (Å²) in [7, 11) is 0. The Morgan fingerprint density at radius 2 is 2.26 bits per heavy atom. The number of imidazole rings is 1. The molecule has 0 spiro atoms. The van der Waals surface area contributed by atoms with E-state index in [1.54, 1.807) is 12.4 Å². The van der Waals surface area contributed by atoms with Gasteiger partial charge in [0.1, 0.15) is 5.82 Å². The topological polar surface area (TPSA) is 29.9 Å². The molecule has 0 saturated carbocycles. The number of aromatic nitrogens is 2. The third-order valence-corrected chi connectivity index (χ3v) is 4.14. The van der Waals surface area contributed by atoms with Crippen LogP contribution >= 0.6 is 15.9 Å². The van der Waals surface area contributed by atoms with Crippen LogP contribution < -0.4 is 5.32 Å². The second kappa shape index (κ2) is 5.43. The van der Waals surface area contributed by atoms with E-state index in [0.29, 0.717) is 6.04 Å². The van der Waals surface area contributed by atoms with Crippen LogP contribution in [0.25, 0.3) is 5.69 Å². The number of halogens is 2. The summed E-state index contributed by atoms with van der Waals surface area (Å²) in [4.78, 5) is 4.25. The number of hydrogen-bond acceptors (Lipinski definition) is 2. The lowest BCUT2D eigenvalue weighted by atomic mass is 10.0. The van der Waals surface area contributed by atoms with Crippen molar-refractivity contribution in [2.24, 2.45) is 0 Å². The number of piperidine rings is 1. The molecule has 1 saturated heterocycles. The second-order valence-electron chi connectivity index (χ2n) is 4.79. The highest BCUT2D eigenvalue weighted by molar-refractivity contribution is 9.10. The molecule has 1 aliphatic heterocycles. The van der Waals surface area contributed by atoms with Crippen molar-refractivity contribution in [3.05, 3.63) is 46.7 Å². The maximum Gasteiger partial charge on any atom is 0.124 e. The number of rotatable bonds is 2. The van der Waals surface area contributed by atoms with Crippen LogP contribution in [0.4, 0.5) is 4.39 Å². The van der Waals surface area contributed by atoms with Crippen molar-refractivity contribution < 1.29 is 4.39 Å². The van der Waals surface area contributed by atoms with E-state index < -0.39 is 0 Å². The summed E-state index contributed by atoms with van der Waals surface area (Å²) in [6.45, 7) is 1.04. The first-order valence-corrected chi connectivity index (χ1v) is 7.26. The van der Waals surface area contributed by atoms with Crippen LogP contribution in [0.2, 0.25) is 0 Å². The largest absolute Gasteiger partial charge is 0.309 e. The number of nitrogens with zero attached hydrogens (tertiary/aromatic N) is 2. The van der Waals surface area contributed by atoms with Crippen LogP contribution in [0.3, 0.4) is 0 Å². The number of nitrogens with one attached hydrogen (secondary N) is 1. The van der Waals surface area contributed by atoms with Gasteiger partial charge in [-0.15, -0.1) is 0 Å². The molecule has 1 aromatic heterocycles. The first-order valence-electron chi connectivity index (χ1n) is 6.47. The predicted octanol–water partition coefficient (Wildman–Crippen LogP) is 3.59. The molecule has 1 unspecified atom stereocenters. The third-order valence-electron chi connectivity index (χ3n) is 3.50. The highest BCUT2D eigenvalue weighted by atomic mass is 79.9. The lowest BCUT2D eigenvalue weighted by Gasteiger charge is -2.24. The van der Waals surface area contributed by atoms with Gasteiger partial charge in [-0.25, -0.2) is 9.37 Å². The van der Waals surface area contributed by atoms with E-state index in [-0.39, 0.29) is 5.82 Å². The van der Waals surface area contributed by atoms with Crippen molar-refractivity contribution in [2.45, 2.75) is 25.3 Å². The smallest absolute Gasteiger partial charge is 0.124 e. The standard InChI is InChI=1S/C14H15BrFN3/c15-11-7-10(16)4-5-13(11)19-9-17-8-14(19)12-3-1-2-6-18-12/h4-5,7-9,12,18H,1-3,6H2. The Labute approximate surface area is 120 Å². The fourth-order valence-electron chi connectivity index (χ4n) is 2.55. The average molecular weight is 324 g/mol. The van der Waals surface area contributed by atoms with Crippen LogP contribution in [0.5, 0.6) is 0 Å². The maximum atomic E-state index is 13.2. The van der Waals surface area contributed by atoms with Gasteiger partial charge < -0.3 is 9.88 Å². The molecular formula is C14H15BrFN3. The minimum Gasteiger partial charge on any atom is -0.309 e. The van der Waals surface area contributed by atoms with Gasteiger partial charge in [0.2, 0.25) is 0 Å². The summed E-state index contributed by atoms with van der Waals surface area (Å²) < 4.78 is 15.9. The zero-order valence-electron chi connectivity index (χ0n) is 10.4. The predicted molar refractivity (Wildman–Crippen MR) is 75.8 cm³/mol. The Hall–Kier alpha value is -1.20. The molecule has 1 aliphatic rings. The van der Waals surface area contributed by atoms with Crippen molar-refractivity contribution >= 4 is 15.9 Å². The molecule has 3 nitrogen and oxygen atoms in total. The van der Waals surface area contributed by atoms with Crippen molar-refractivity contribution in [1.29, 1.82) is 0 Å². The Morgan fingerprint density at radius 3 is 3.00 bits per heavy atom. The van der Waals surface area contributed by atoms with Crippen molar-refractivity contribution in [3.8, 4) is 5.69 Å². The fourth-order valence-corrected chi connectivity index (χ4v) is 3.09. The van der Waals surface area contributed by atoms with Crippen LogP contribution in [0.15, 0.2) is 35.2 Å². The Morgan fingerprint density at radius 1 is 1.37 bits per heavy atom. The fraction of sp³-hybridized carbons (Fsp3) is 0.357. The maximum absolute atomic E-state index is 13.2. The summed E-state index contributed by atoms with van der Waals surface area (Å²) in [6.07, 6.45) is 7.24. The summed E-state index contributed by atoms with van der Waals surface area (Å²) in [6, 6.07) is 5.05. The van der Waals surface area contributed by atoms with Crippen molar-refractivity contribution in [3.63, 3.8) is 0 Å². The molecule has 2 heterocycles. The lowest BCUT2D eigenvalue weighted by Crippen LogP contribution is -2.28. The van der Waals surface area contributed by atoms with E-state index in [1.807, 2.05) is 10.8 Å². The molecule has 1 N–H and O–H groups in total. The molecule has 5 heteroatoms. The van der Waals surface area contributed by atoms with E-state index in [0.717, 1.165) is 28.8 Å². The number of benzene rings is 1. The highest BCUT2D eigenvalue weighted by Gasteiger charge is 2.19. The monoisotopic (exact) mass is 323 g/mol. The minimum atomic E-state index is -0.243. The molecule has 0 radical (unpaired) electrons. The molecule has 1 aromatic carbocycles. The van der Waals surface area contributed by atoms with Gasteiger partial charge >= 0.3 is 0 Å². The van der Waals surface area contributed by atoms with Crippen LogP contribution in [0, 0.1) is 5.82 Å². The Balaban J connectivity index is 1.99. The summed E-state index contributed by atoms with van der Waals surface area (Å²) in [5, 5.41) is 3.51. The van der Waals surface area contributed by atoms with E-state index in [9.17, 15) is 4.39 Å². The van der Waals surface area contributed by atoms with Crippen molar-refractivity contribution in [1.82, 2.24) is 14.9 Å². The van der Waals surface area contributed by atoms with Crippen LogP contribution in [-0.4, -0.2) is 16.1 Å². The summed E-state index contributed by atoms with van der Waals surface area (Å²) >= 11 is 3.42. The van der Waals surface area contributed by atoms with Crippen LogP contribution in [-0.2, 0) is 0 Å². The van der Waals surface area contributed by atoms with E-state index in [4.69, 9.17) is 0 Å². The van der Waals surface area contributed by atoms with E-state index >= 15 is 0 Å². The van der Waals surface area contributed by atoms with Gasteiger partial charge in [0.05, 0.1) is 23.9 Å². The first-order chi connectivity index (χ1) is 9.25. The van der Waals surface area contributed by atoms with Gasteiger partial charge in [-0.1, -0.05) is 6.42 Å². The van der Waals surface area contributed by atoms with E-state index in [1.165, 1.54) is 25.0 Å². The molecular weight excluding hydrogens is 309 g/mol. The molecule has 3 rings (SSSR count). The van der Waals surface area contributed by atoms with Gasteiger partial charge in [0, 0.05) is 10.5 Å². The summed E-state index contributed by atoms with van der Waals surface area (Å²) in [5.41, 5.74) is 2.05. The summed E-state index contributed by atoms with van der Waals surface area (Å²) in [5.74, 6) is -0.243. The lowest BCUT2D eigenvalue weighted by molar-refractivity contribution is 0.402. The second-order valence-corrected chi connectivity index (χ2v) is 5.64. The van der Waals surface area contributed by atoms with E-state index in [2.05, 4.69) is 26.2 Å². The normalized spacial score (nSPS) is 19.6. The van der Waals surface area contributed by atoms with Gasteiger partial charge in [0.15, 0.2) is 0 Å². The zero-order valence-corrected chi connectivity index (χ0v) is 12.0. The molecule has 0 amide bonds. The Bertz CT molecular complexity index is 576. The highest BCUT2D eigenvalue weighted by Crippen LogP contribution is 2.28. The molecule has 100 valence electrons. The molecule has 2 aromatic rings. The first kappa shape index (κ1) is 12.8. The van der Waals surface area contributed by atoms with Crippen molar-refractivity contribution in [2.75, 3.05) is 6.54 Å². The average Bonchev–Trinajstić information content (AvgIpc) is 2.89. The molecule has 1 atom stereocenters. The zero-order chi connectivity index (χ0) is 13.2. The molecule has 19 heavy (non-hydrogen) atoms. The third kappa shape index (κ3) is 2.58. The SMILES string of the molecule is Fc1ccc(-n2cncc2C2CCCCN2)c(Br)c1. The van der Waals surface area contributed by atoms with Crippen LogP contribution in [0.1, 0.15) is 31.0 Å². The van der Waals surface area contributed by atoms with Gasteiger partial charge in [-0.2, -0.15) is 0 Å². The van der Waals surface area contributed by atoms with Gasteiger partial charge in [0.25, 0.3) is 0 Å². The van der Waals surface area contributed by atoms with Gasteiger partial charge in [-0.05, 0) is 53.5 Å². The molecule has 1 fully saturated rings. The minimum absolute atomic E-state index is 0.243. The molecule has 0 bridgehead atoms. The number of hydrogen-bond donors (Lipinski definition) is 1. The van der Waals surface area contributed by atoms with Gasteiger partial charge in [-0.3, -0.25) is 0 Å².